The first-order chi connectivity index (χ1) is 6.36. The summed E-state index contributed by atoms with van der Waals surface area (Å²) in [5.74, 6) is -2.30. The van der Waals surface area contributed by atoms with Gasteiger partial charge >= 0.3 is 6.18 Å². The van der Waals surface area contributed by atoms with Gasteiger partial charge in [-0.3, -0.25) is 4.79 Å². The molecule has 0 saturated heterocycles. The van der Waals surface area contributed by atoms with Gasteiger partial charge in [-0.25, -0.2) is 4.98 Å². The first-order valence-corrected chi connectivity index (χ1v) is 5.32. The van der Waals surface area contributed by atoms with E-state index in [1.54, 1.807) is 6.26 Å². The fraction of sp³-hybridized carbons (Fsp3) is 0.333. The van der Waals surface area contributed by atoms with Crippen LogP contribution in [0.1, 0.15) is 9.67 Å². The predicted octanol–water partition coefficient (Wildman–Crippen LogP) is 2.19. The standard InChI is InChI=1S/C6H5F3N2OS2/c1-13-5-11-4(10)2(14-5)3(12)6(7,8)9/h10H2,1H3. The number of nitrogen functional groups attached to an aromatic ring is 1. The number of ketones is 1. The first-order valence-electron chi connectivity index (χ1n) is 3.28. The zero-order valence-corrected chi connectivity index (χ0v) is 8.52. The third-order valence-electron chi connectivity index (χ3n) is 1.27. The summed E-state index contributed by atoms with van der Waals surface area (Å²) in [6, 6.07) is 0. The van der Waals surface area contributed by atoms with Crippen LogP contribution in [-0.4, -0.2) is 23.2 Å². The van der Waals surface area contributed by atoms with E-state index in [0.29, 0.717) is 15.7 Å². The van der Waals surface area contributed by atoms with Crippen molar-refractivity contribution in [3.63, 3.8) is 0 Å². The summed E-state index contributed by atoms with van der Waals surface area (Å²) >= 11 is 1.79. The molecule has 0 aliphatic rings. The van der Waals surface area contributed by atoms with Gasteiger partial charge in [-0.2, -0.15) is 13.2 Å². The van der Waals surface area contributed by atoms with E-state index in [1.807, 2.05) is 0 Å². The van der Waals surface area contributed by atoms with Gasteiger partial charge < -0.3 is 5.73 Å². The lowest BCUT2D eigenvalue weighted by Gasteiger charge is -2.01. The number of nitrogens with zero attached hydrogens (tertiary/aromatic N) is 1. The third-order valence-corrected chi connectivity index (χ3v) is 3.33. The number of rotatable bonds is 2. The molecule has 1 aromatic heterocycles. The lowest BCUT2D eigenvalue weighted by atomic mass is 10.3. The number of hydrogen-bond donors (Lipinski definition) is 1. The molecule has 0 saturated carbocycles. The molecule has 1 heterocycles. The maximum absolute atomic E-state index is 12.0. The minimum absolute atomic E-state index is 0.343. The number of nitrogens with two attached hydrogens (primary N) is 1. The van der Waals surface area contributed by atoms with Gasteiger partial charge in [-0.15, -0.1) is 11.3 Å². The molecule has 1 aromatic rings. The van der Waals surface area contributed by atoms with Crippen molar-refractivity contribution in [1.82, 2.24) is 4.98 Å². The Balaban J connectivity index is 3.07. The Morgan fingerprint density at radius 2 is 2.14 bits per heavy atom. The highest BCUT2D eigenvalue weighted by atomic mass is 32.2. The van der Waals surface area contributed by atoms with Crippen LogP contribution in [0.5, 0.6) is 0 Å². The molecule has 0 aliphatic carbocycles. The van der Waals surface area contributed by atoms with Gasteiger partial charge in [0.25, 0.3) is 5.78 Å². The molecule has 0 unspecified atom stereocenters. The number of carbonyl (C=O) groups is 1. The number of halogens is 3. The zero-order chi connectivity index (χ0) is 10.9. The number of hydrogen-bond acceptors (Lipinski definition) is 5. The maximum Gasteiger partial charge on any atom is 0.455 e. The highest BCUT2D eigenvalue weighted by molar-refractivity contribution is 8.00. The van der Waals surface area contributed by atoms with Crippen molar-refractivity contribution >= 4 is 34.7 Å². The Bertz CT molecular complexity index is 360. The molecular formula is C6H5F3N2OS2. The van der Waals surface area contributed by atoms with E-state index < -0.39 is 16.8 Å². The SMILES string of the molecule is CSc1nc(N)c(C(=O)C(F)(F)F)s1. The van der Waals surface area contributed by atoms with Crippen LogP contribution in [0.2, 0.25) is 0 Å². The summed E-state index contributed by atoms with van der Waals surface area (Å²) in [5.41, 5.74) is 5.18. The quantitative estimate of drug-likeness (QED) is 0.638. The second kappa shape index (κ2) is 3.77. The van der Waals surface area contributed by atoms with Crippen LogP contribution in [0.3, 0.4) is 0 Å². The van der Waals surface area contributed by atoms with Crippen molar-refractivity contribution in [1.29, 1.82) is 0 Å². The van der Waals surface area contributed by atoms with Crippen LogP contribution in [0, 0.1) is 0 Å². The molecular weight excluding hydrogens is 237 g/mol. The Hall–Kier alpha value is -0.760. The van der Waals surface area contributed by atoms with Gasteiger partial charge in [0, 0.05) is 0 Å². The molecule has 78 valence electrons. The second-order valence-corrected chi connectivity index (χ2v) is 4.28. The number of Topliss-reactive ketones (excluding diaryl/α,β-unsaturated/α-hetero) is 1. The molecule has 0 aromatic carbocycles. The molecule has 14 heavy (non-hydrogen) atoms. The minimum atomic E-state index is -4.89. The fourth-order valence-electron chi connectivity index (χ4n) is 0.690. The lowest BCUT2D eigenvalue weighted by Crippen LogP contribution is -2.22. The van der Waals surface area contributed by atoms with Crippen LogP contribution in [0.25, 0.3) is 0 Å². The first kappa shape index (κ1) is 11.3. The molecule has 3 nitrogen and oxygen atoms in total. The summed E-state index contributed by atoms with van der Waals surface area (Å²) in [6.07, 6.45) is -3.25. The molecule has 2 N–H and O–H groups in total. The summed E-state index contributed by atoms with van der Waals surface area (Å²) in [5, 5.41) is 0. The average Bonchev–Trinajstić information content (AvgIpc) is 2.43. The van der Waals surface area contributed by atoms with E-state index in [0.717, 1.165) is 11.8 Å². The highest BCUT2D eigenvalue weighted by Crippen LogP contribution is 2.32. The van der Waals surface area contributed by atoms with Crippen molar-refractivity contribution in [3.8, 4) is 0 Å². The van der Waals surface area contributed by atoms with Gasteiger partial charge in [0.15, 0.2) is 4.34 Å². The van der Waals surface area contributed by atoms with Gasteiger partial charge in [0.1, 0.15) is 10.7 Å². The predicted molar refractivity (Wildman–Crippen MR) is 48.7 cm³/mol. The van der Waals surface area contributed by atoms with Crippen LogP contribution in [-0.2, 0) is 0 Å². The molecule has 1 rings (SSSR count). The van der Waals surface area contributed by atoms with Crippen LogP contribution >= 0.6 is 23.1 Å². The molecule has 0 aliphatic heterocycles. The molecule has 8 heteroatoms. The zero-order valence-electron chi connectivity index (χ0n) is 6.88. The number of carbonyl (C=O) groups excluding carboxylic acids is 1. The molecule has 0 radical (unpaired) electrons. The van der Waals surface area contributed by atoms with Crippen LogP contribution in [0.4, 0.5) is 19.0 Å². The van der Waals surface area contributed by atoms with E-state index in [2.05, 4.69) is 4.98 Å². The summed E-state index contributed by atoms with van der Waals surface area (Å²) in [6.45, 7) is 0. The fourth-order valence-corrected chi connectivity index (χ4v) is 2.14. The van der Waals surface area contributed by atoms with Gasteiger partial charge in [-0.1, -0.05) is 11.8 Å². The summed E-state index contributed by atoms with van der Waals surface area (Å²) in [4.78, 5) is 13.8. The normalized spacial score (nSPS) is 11.7. The maximum atomic E-state index is 12.0. The molecule has 0 amide bonds. The van der Waals surface area contributed by atoms with Gasteiger partial charge in [-0.05, 0) is 6.26 Å². The Morgan fingerprint density at radius 3 is 2.50 bits per heavy atom. The smallest absolute Gasteiger partial charge is 0.382 e. The number of anilines is 1. The van der Waals surface area contributed by atoms with Crippen LogP contribution < -0.4 is 5.73 Å². The molecule has 0 bridgehead atoms. The van der Waals surface area contributed by atoms with E-state index in [9.17, 15) is 18.0 Å². The van der Waals surface area contributed by atoms with Crippen LogP contribution in [0.15, 0.2) is 4.34 Å². The van der Waals surface area contributed by atoms with E-state index in [-0.39, 0.29) is 5.82 Å². The van der Waals surface area contributed by atoms with Crippen molar-refractivity contribution in [2.45, 2.75) is 10.5 Å². The largest absolute Gasteiger partial charge is 0.455 e. The van der Waals surface area contributed by atoms with Gasteiger partial charge in [0.2, 0.25) is 0 Å². The molecule has 0 spiro atoms. The Labute approximate surface area is 85.5 Å². The Kier molecular flexibility index (Phi) is 3.05. The van der Waals surface area contributed by atoms with Gasteiger partial charge in [0.05, 0.1) is 0 Å². The highest BCUT2D eigenvalue weighted by Gasteiger charge is 2.41. The Morgan fingerprint density at radius 1 is 1.57 bits per heavy atom. The minimum Gasteiger partial charge on any atom is -0.382 e. The molecule has 0 fully saturated rings. The lowest BCUT2D eigenvalue weighted by molar-refractivity contribution is -0.0882. The third kappa shape index (κ3) is 2.18. The number of thioether (sulfide) groups is 1. The monoisotopic (exact) mass is 242 g/mol. The molecule has 0 atom stereocenters. The van der Waals surface area contributed by atoms with Crippen molar-refractivity contribution < 1.29 is 18.0 Å². The second-order valence-electron chi connectivity index (χ2n) is 2.23. The van der Waals surface area contributed by atoms with E-state index in [4.69, 9.17) is 5.73 Å². The summed E-state index contributed by atoms with van der Waals surface area (Å²) < 4.78 is 36.3. The number of alkyl halides is 3. The van der Waals surface area contributed by atoms with Crippen molar-refractivity contribution in [2.24, 2.45) is 0 Å². The van der Waals surface area contributed by atoms with E-state index in [1.165, 1.54) is 0 Å². The number of aromatic nitrogens is 1. The van der Waals surface area contributed by atoms with Crippen molar-refractivity contribution in [2.75, 3.05) is 12.0 Å². The summed E-state index contributed by atoms with van der Waals surface area (Å²) in [7, 11) is 0. The number of thiazole rings is 1. The van der Waals surface area contributed by atoms with E-state index >= 15 is 0 Å². The average molecular weight is 242 g/mol. The van der Waals surface area contributed by atoms with Crippen molar-refractivity contribution in [3.05, 3.63) is 4.88 Å². The topological polar surface area (TPSA) is 56.0 Å².